The summed E-state index contributed by atoms with van der Waals surface area (Å²) in [7, 11) is 0. The zero-order valence-electron chi connectivity index (χ0n) is 11.9. The van der Waals surface area contributed by atoms with Crippen molar-refractivity contribution in [3.05, 3.63) is 58.4 Å². The van der Waals surface area contributed by atoms with Gasteiger partial charge in [-0.3, -0.25) is 10.1 Å². The molecule has 9 heteroatoms. The van der Waals surface area contributed by atoms with Crippen molar-refractivity contribution in [3.63, 3.8) is 0 Å². The third-order valence-corrected chi connectivity index (χ3v) is 3.30. The van der Waals surface area contributed by atoms with Gasteiger partial charge in [-0.2, -0.15) is 0 Å². The van der Waals surface area contributed by atoms with Gasteiger partial charge in [0.2, 0.25) is 0 Å². The molecule has 1 N–H and O–H groups in total. The number of hydrogen-bond acceptors (Lipinski definition) is 8. The van der Waals surface area contributed by atoms with Gasteiger partial charge >= 0.3 is 0 Å². The Morgan fingerprint density at radius 1 is 1.12 bits per heavy atom. The molecule has 0 spiro atoms. The maximum absolute atomic E-state index is 11.9. The minimum atomic E-state index is -1.34. The fourth-order valence-electron chi connectivity index (χ4n) is 2.14. The standard InChI is InChI=1S/C15H10N4O5/c20-13-4-2-9(19(23)24)6-12(13)18-14-10-3-1-8(15(21)22)5-11(10)16-7-17-14/h1-7,20H,(H,21,22)(H,16,17,18)/p-2. The van der Waals surface area contributed by atoms with Crippen LogP contribution in [0.25, 0.3) is 10.9 Å². The van der Waals surface area contributed by atoms with Crippen LogP contribution in [0.2, 0.25) is 0 Å². The van der Waals surface area contributed by atoms with Crippen molar-refractivity contribution in [2.24, 2.45) is 0 Å². The number of anilines is 2. The first kappa shape index (κ1) is 15.2. The van der Waals surface area contributed by atoms with E-state index in [9.17, 15) is 25.1 Å². The van der Waals surface area contributed by atoms with Gasteiger partial charge in [-0.05, 0) is 17.7 Å². The van der Waals surface area contributed by atoms with Crippen LogP contribution >= 0.6 is 0 Å². The third kappa shape index (κ3) is 2.77. The molecule has 0 aliphatic heterocycles. The normalized spacial score (nSPS) is 10.5. The van der Waals surface area contributed by atoms with Crippen LogP contribution < -0.4 is 15.5 Å². The van der Waals surface area contributed by atoms with Crippen molar-refractivity contribution in [3.8, 4) is 5.75 Å². The van der Waals surface area contributed by atoms with Gasteiger partial charge in [0.15, 0.2) is 0 Å². The first-order valence-electron chi connectivity index (χ1n) is 6.64. The number of benzene rings is 2. The molecule has 2 aromatic carbocycles. The summed E-state index contributed by atoms with van der Waals surface area (Å²) in [5.41, 5.74) is 0.0157. The highest BCUT2D eigenvalue weighted by molar-refractivity contribution is 5.96. The molecule has 24 heavy (non-hydrogen) atoms. The van der Waals surface area contributed by atoms with E-state index in [1.54, 1.807) is 0 Å². The summed E-state index contributed by atoms with van der Waals surface area (Å²) < 4.78 is 0. The predicted octanol–water partition coefficient (Wildman–Crippen LogP) is 0.719. The molecule has 0 saturated heterocycles. The van der Waals surface area contributed by atoms with Crippen LogP contribution in [0.1, 0.15) is 10.4 Å². The van der Waals surface area contributed by atoms with E-state index in [0.717, 1.165) is 18.2 Å². The van der Waals surface area contributed by atoms with Crippen molar-refractivity contribution < 1.29 is 19.9 Å². The molecule has 0 amide bonds. The molecule has 3 rings (SSSR count). The number of nitrogens with zero attached hydrogens (tertiary/aromatic N) is 3. The minimum absolute atomic E-state index is 0.0202. The van der Waals surface area contributed by atoms with E-state index in [-0.39, 0.29) is 22.8 Å². The molecule has 120 valence electrons. The van der Waals surface area contributed by atoms with Gasteiger partial charge in [0.25, 0.3) is 5.69 Å². The van der Waals surface area contributed by atoms with Crippen LogP contribution in [0.15, 0.2) is 42.7 Å². The number of hydrogen-bond donors (Lipinski definition) is 1. The van der Waals surface area contributed by atoms with Crippen LogP contribution in [-0.4, -0.2) is 20.9 Å². The molecule has 0 aliphatic carbocycles. The smallest absolute Gasteiger partial charge is 0.271 e. The Balaban J connectivity index is 2.06. The van der Waals surface area contributed by atoms with Crippen molar-refractivity contribution in [1.29, 1.82) is 0 Å². The number of nitro groups is 1. The second-order valence-electron chi connectivity index (χ2n) is 4.80. The lowest BCUT2D eigenvalue weighted by Gasteiger charge is -2.15. The highest BCUT2D eigenvalue weighted by atomic mass is 16.6. The topological polar surface area (TPSA) is 144 Å². The van der Waals surface area contributed by atoms with E-state index in [0.29, 0.717) is 10.9 Å². The van der Waals surface area contributed by atoms with Crippen LogP contribution in [0, 0.1) is 10.1 Å². The van der Waals surface area contributed by atoms with E-state index in [1.807, 2.05) is 0 Å². The second kappa shape index (κ2) is 5.80. The number of rotatable bonds is 4. The summed E-state index contributed by atoms with van der Waals surface area (Å²) >= 11 is 0. The number of aromatic nitrogens is 2. The summed E-state index contributed by atoms with van der Waals surface area (Å²) in [5, 5.41) is 36.8. The number of carbonyl (C=O) groups is 1. The number of nitrogens with one attached hydrogen (secondary N) is 1. The lowest BCUT2D eigenvalue weighted by atomic mass is 10.1. The Morgan fingerprint density at radius 3 is 2.62 bits per heavy atom. The summed E-state index contributed by atoms with van der Waals surface area (Å²) in [6.07, 6.45) is 1.19. The Bertz CT molecular complexity index is 973. The number of aromatic carboxylic acids is 1. The van der Waals surface area contributed by atoms with Gasteiger partial charge in [0.1, 0.15) is 12.1 Å². The quantitative estimate of drug-likeness (QED) is 0.546. The lowest BCUT2D eigenvalue weighted by molar-refractivity contribution is -0.385. The van der Waals surface area contributed by atoms with Crippen LogP contribution in [0.5, 0.6) is 5.75 Å². The van der Waals surface area contributed by atoms with Crippen LogP contribution in [0.3, 0.4) is 0 Å². The van der Waals surface area contributed by atoms with Crippen molar-refractivity contribution in [2.75, 3.05) is 5.32 Å². The van der Waals surface area contributed by atoms with Gasteiger partial charge in [-0.25, -0.2) is 9.97 Å². The van der Waals surface area contributed by atoms with E-state index in [2.05, 4.69) is 15.3 Å². The molecule has 0 aliphatic rings. The van der Waals surface area contributed by atoms with E-state index < -0.39 is 16.6 Å². The number of carbonyl (C=O) groups excluding carboxylic acids is 1. The number of carboxylic acid groups (broad SMARTS) is 1. The molecule has 1 heterocycles. The fourth-order valence-corrected chi connectivity index (χ4v) is 2.14. The minimum Gasteiger partial charge on any atom is -0.871 e. The predicted molar refractivity (Wildman–Crippen MR) is 79.7 cm³/mol. The fraction of sp³-hybridized carbons (Fsp3) is 0. The molecular formula is C15H8N4O5-2. The SMILES string of the molecule is O=C([O-])c1ccc2c(Nc3cc([N+](=O)[O-])ccc3[O-])ncnc2c1. The average molecular weight is 324 g/mol. The average Bonchev–Trinajstić information content (AvgIpc) is 2.56. The molecule has 0 unspecified atom stereocenters. The first-order valence-corrected chi connectivity index (χ1v) is 6.64. The number of fused-ring (bicyclic) bond motifs is 1. The molecule has 1 aromatic heterocycles. The number of carboxylic acids is 1. The molecule has 0 fully saturated rings. The van der Waals surface area contributed by atoms with E-state index in [4.69, 9.17) is 0 Å². The van der Waals surface area contributed by atoms with Gasteiger partial charge in [-0.1, -0.05) is 17.9 Å². The monoisotopic (exact) mass is 324 g/mol. The Kier molecular flexibility index (Phi) is 3.66. The first-order chi connectivity index (χ1) is 11.5. The molecule has 0 atom stereocenters. The van der Waals surface area contributed by atoms with Gasteiger partial charge < -0.3 is 20.3 Å². The summed E-state index contributed by atoms with van der Waals surface area (Å²) in [6.45, 7) is 0. The summed E-state index contributed by atoms with van der Waals surface area (Å²) in [4.78, 5) is 29.1. The summed E-state index contributed by atoms with van der Waals surface area (Å²) in [5.74, 6) is -1.56. The molecule has 9 nitrogen and oxygen atoms in total. The Labute approximate surface area is 134 Å². The zero-order chi connectivity index (χ0) is 17.3. The zero-order valence-corrected chi connectivity index (χ0v) is 11.9. The Hall–Kier alpha value is -3.75. The van der Waals surface area contributed by atoms with Gasteiger partial charge in [0, 0.05) is 23.2 Å². The third-order valence-electron chi connectivity index (χ3n) is 3.30. The Morgan fingerprint density at radius 2 is 1.92 bits per heavy atom. The number of nitro benzene ring substituents is 1. The second-order valence-corrected chi connectivity index (χ2v) is 4.80. The van der Waals surface area contributed by atoms with Crippen LogP contribution in [0.4, 0.5) is 17.2 Å². The largest absolute Gasteiger partial charge is 0.871 e. The highest BCUT2D eigenvalue weighted by Gasteiger charge is 2.10. The van der Waals surface area contributed by atoms with Gasteiger partial charge in [0.05, 0.1) is 16.4 Å². The molecule has 0 bridgehead atoms. The van der Waals surface area contributed by atoms with Crippen molar-refractivity contribution in [1.82, 2.24) is 9.97 Å². The maximum Gasteiger partial charge on any atom is 0.271 e. The maximum atomic E-state index is 11.9. The highest BCUT2D eigenvalue weighted by Crippen LogP contribution is 2.30. The molecule has 3 aromatic rings. The van der Waals surface area contributed by atoms with Gasteiger partial charge in [-0.15, -0.1) is 0 Å². The van der Waals surface area contributed by atoms with E-state index >= 15 is 0 Å². The van der Waals surface area contributed by atoms with E-state index in [1.165, 1.54) is 24.5 Å². The lowest BCUT2D eigenvalue weighted by Crippen LogP contribution is -2.22. The van der Waals surface area contributed by atoms with Crippen molar-refractivity contribution >= 4 is 34.1 Å². The van der Waals surface area contributed by atoms with Crippen LogP contribution in [-0.2, 0) is 0 Å². The summed E-state index contributed by atoms with van der Waals surface area (Å²) in [6, 6.07) is 7.38. The molecule has 0 radical (unpaired) electrons. The number of non-ortho nitro benzene ring substituents is 1. The van der Waals surface area contributed by atoms with Crippen molar-refractivity contribution in [2.45, 2.75) is 0 Å². The molecule has 0 saturated carbocycles. The molecular weight excluding hydrogens is 316 g/mol.